The van der Waals surface area contributed by atoms with Crippen molar-refractivity contribution in [1.82, 2.24) is 0 Å². The first-order valence-corrected chi connectivity index (χ1v) is 7.15. The third-order valence-electron chi connectivity index (χ3n) is 4.58. The molecule has 0 amide bonds. The van der Waals surface area contributed by atoms with Gasteiger partial charge in [-0.3, -0.25) is 0 Å². The maximum Gasteiger partial charge on any atom is 0.494 e. The molecule has 0 saturated carbocycles. The SMILES string of the molecule is CC1(C)OB(c2ccc(C(O)(CF)C(F)(F)F)cc2)OC1(C)C. The second-order valence-electron chi connectivity index (χ2n) is 6.70. The fourth-order valence-electron chi connectivity index (χ4n) is 2.21. The Morgan fingerprint density at radius 1 is 1.00 bits per heavy atom. The number of benzene rings is 1. The molecule has 1 aromatic rings. The lowest BCUT2D eigenvalue weighted by Gasteiger charge is -2.32. The second kappa shape index (κ2) is 5.46. The predicted molar refractivity (Wildman–Crippen MR) is 78.1 cm³/mol. The van der Waals surface area contributed by atoms with E-state index in [9.17, 15) is 22.7 Å². The van der Waals surface area contributed by atoms with Crippen molar-refractivity contribution in [3.63, 3.8) is 0 Å². The highest BCUT2D eigenvalue weighted by molar-refractivity contribution is 6.62. The molecule has 1 aliphatic rings. The van der Waals surface area contributed by atoms with Gasteiger partial charge in [-0.15, -0.1) is 0 Å². The number of rotatable bonds is 3. The maximum atomic E-state index is 12.9. The van der Waals surface area contributed by atoms with Gasteiger partial charge in [0, 0.05) is 0 Å². The number of aliphatic hydroxyl groups is 1. The van der Waals surface area contributed by atoms with Gasteiger partial charge in [-0.25, -0.2) is 4.39 Å². The first-order chi connectivity index (χ1) is 10.3. The van der Waals surface area contributed by atoms with Gasteiger partial charge in [-0.1, -0.05) is 24.3 Å². The normalized spacial score (nSPS) is 22.9. The summed E-state index contributed by atoms with van der Waals surface area (Å²) in [4.78, 5) is 0. The lowest BCUT2D eigenvalue weighted by atomic mass is 9.78. The Bertz CT molecular complexity index is 555. The van der Waals surface area contributed by atoms with Crippen LogP contribution in [0.25, 0.3) is 0 Å². The molecule has 128 valence electrons. The molecule has 1 aromatic carbocycles. The summed E-state index contributed by atoms with van der Waals surface area (Å²) in [5.41, 5.74) is -4.74. The fraction of sp³-hybridized carbons (Fsp3) is 0.600. The van der Waals surface area contributed by atoms with Crippen molar-refractivity contribution in [2.24, 2.45) is 0 Å². The van der Waals surface area contributed by atoms with Crippen LogP contribution >= 0.6 is 0 Å². The third kappa shape index (κ3) is 2.99. The van der Waals surface area contributed by atoms with Crippen molar-refractivity contribution < 1.29 is 32.0 Å². The monoisotopic (exact) mass is 334 g/mol. The zero-order valence-corrected chi connectivity index (χ0v) is 13.4. The number of alkyl halides is 4. The Morgan fingerprint density at radius 3 is 1.78 bits per heavy atom. The van der Waals surface area contributed by atoms with Gasteiger partial charge >= 0.3 is 13.3 Å². The Morgan fingerprint density at radius 2 is 1.43 bits per heavy atom. The summed E-state index contributed by atoms with van der Waals surface area (Å²) in [6.07, 6.45) is -5.10. The van der Waals surface area contributed by atoms with Gasteiger partial charge in [0.25, 0.3) is 0 Å². The molecule has 1 N–H and O–H groups in total. The van der Waals surface area contributed by atoms with Crippen LogP contribution < -0.4 is 5.46 Å². The topological polar surface area (TPSA) is 38.7 Å². The molecule has 0 bridgehead atoms. The van der Waals surface area contributed by atoms with Gasteiger partial charge in [0.05, 0.1) is 11.2 Å². The zero-order chi connectivity index (χ0) is 17.7. The minimum Gasteiger partial charge on any atom is -0.399 e. The van der Waals surface area contributed by atoms with Crippen LogP contribution in [0.5, 0.6) is 0 Å². The van der Waals surface area contributed by atoms with Crippen molar-refractivity contribution in [2.45, 2.75) is 50.7 Å². The molecule has 0 aromatic heterocycles. The summed E-state index contributed by atoms with van der Waals surface area (Å²) in [6.45, 7) is 5.46. The Labute approximate surface area is 132 Å². The molecule has 2 rings (SSSR count). The number of halogens is 4. The number of hydrogen-bond donors (Lipinski definition) is 1. The quantitative estimate of drug-likeness (QED) is 0.682. The van der Waals surface area contributed by atoms with E-state index < -0.39 is 42.3 Å². The molecule has 23 heavy (non-hydrogen) atoms. The third-order valence-corrected chi connectivity index (χ3v) is 4.58. The smallest absolute Gasteiger partial charge is 0.399 e. The number of hydrogen-bond acceptors (Lipinski definition) is 3. The van der Waals surface area contributed by atoms with Crippen LogP contribution in [0.15, 0.2) is 24.3 Å². The highest BCUT2D eigenvalue weighted by Crippen LogP contribution is 2.40. The van der Waals surface area contributed by atoms with Gasteiger partial charge in [0.1, 0.15) is 6.67 Å². The Kier molecular flexibility index (Phi) is 4.33. The van der Waals surface area contributed by atoms with Gasteiger partial charge in [0.2, 0.25) is 5.60 Å². The molecular formula is C15H19BF4O3. The summed E-state index contributed by atoms with van der Waals surface area (Å²) in [5.74, 6) is 0. The average molecular weight is 334 g/mol. The van der Waals surface area contributed by atoms with Crippen LogP contribution in [0, 0.1) is 0 Å². The van der Waals surface area contributed by atoms with Gasteiger partial charge in [-0.2, -0.15) is 13.2 Å². The molecule has 0 radical (unpaired) electrons. The summed E-state index contributed by atoms with van der Waals surface area (Å²) >= 11 is 0. The van der Waals surface area contributed by atoms with Crippen LogP contribution in [0.3, 0.4) is 0 Å². The van der Waals surface area contributed by atoms with Gasteiger partial charge in [-0.05, 0) is 38.7 Å². The average Bonchev–Trinajstić information content (AvgIpc) is 2.65. The van der Waals surface area contributed by atoms with Crippen molar-refractivity contribution in [3.05, 3.63) is 29.8 Å². The summed E-state index contributed by atoms with van der Waals surface area (Å²) in [6, 6.07) is 4.74. The lowest BCUT2D eigenvalue weighted by Crippen LogP contribution is -2.44. The van der Waals surface area contributed by atoms with Crippen LogP contribution in [0.1, 0.15) is 33.3 Å². The van der Waals surface area contributed by atoms with E-state index in [1.54, 1.807) is 0 Å². The summed E-state index contributed by atoms with van der Waals surface area (Å²) < 4.78 is 63.0. The van der Waals surface area contributed by atoms with Gasteiger partial charge in [0.15, 0.2) is 0 Å². The van der Waals surface area contributed by atoms with Crippen molar-refractivity contribution in [3.8, 4) is 0 Å². The minimum absolute atomic E-state index is 0.496. The highest BCUT2D eigenvalue weighted by Gasteiger charge is 2.56. The second-order valence-corrected chi connectivity index (χ2v) is 6.70. The predicted octanol–water partition coefficient (Wildman–Crippen LogP) is 2.71. The standard InChI is InChI=1S/C15H19BF4O3/c1-12(2)13(3,4)23-16(22-12)11-7-5-10(6-8-11)14(21,9-17)15(18,19)20/h5-8,21H,9H2,1-4H3. The highest BCUT2D eigenvalue weighted by atomic mass is 19.4. The van der Waals surface area contributed by atoms with E-state index in [0.29, 0.717) is 5.46 Å². The summed E-state index contributed by atoms with van der Waals surface area (Å²) in [5, 5.41) is 9.59. The van der Waals surface area contributed by atoms with Crippen molar-refractivity contribution in [2.75, 3.05) is 6.67 Å². The van der Waals surface area contributed by atoms with Crippen molar-refractivity contribution >= 4 is 12.6 Å². The Balaban J connectivity index is 2.28. The van der Waals surface area contributed by atoms with E-state index in [4.69, 9.17) is 9.31 Å². The van der Waals surface area contributed by atoms with E-state index in [2.05, 4.69) is 0 Å². The molecule has 1 fully saturated rings. The van der Waals surface area contributed by atoms with E-state index in [-0.39, 0.29) is 0 Å². The first-order valence-electron chi connectivity index (χ1n) is 7.15. The molecule has 1 heterocycles. The van der Waals surface area contributed by atoms with Crippen LogP contribution in [0.2, 0.25) is 0 Å². The minimum atomic E-state index is -5.10. The van der Waals surface area contributed by atoms with Crippen molar-refractivity contribution in [1.29, 1.82) is 0 Å². The van der Waals surface area contributed by atoms with Crippen LogP contribution in [0.4, 0.5) is 17.6 Å². The van der Waals surface area contributed by atoms with E-state index in [1.807, 2.05) is 27.7 Å². The van der Waals surface area contributed by atoms with Gasteiger partial charge < -0.3 is 14.4 Å². The first kappa shape index (κ1) is 18.2. The molecule has 1 atom stereocenters. The molecule has 1 unspecified atom stereocenters. The van der Waals surface area contributed by atoms with E-state index in [0.717, 1.165) is 12.1 Å². The lowest BCUT2D eigenvalue weighted by molar-refractivity contribution is -0.271. The molecular weight excluding hydrogens is 315 g/mol. The molecule has 8 heteroatoms. The zero-order valence-electron chi connectivity index (χ0n) is 13.4. The Hall–Kier alpha value is -1.12. The molecule has 3 nitrogen and oxygen atoms in total. The van der Waals surface area contributed by atoms with E-state index >= 15 is 0 Å². The molecule has 0 aliphatic carbocycles. The molecule has 1 aliphatic heterocycles. The fourth-order valence-corrected chi connectivity index (χ4v) is 2.21. The van der Waals surface area contributed by atoms with Crippen LogP contribution in [-0.4, -0.2) is 36.3 Å². The largest absolute Gasteiger partial charge is 0.494 e. The van der Waals surface area contributed by atoms with E-state index in [1.165, 1.54) is 12.1 Å². The molecule has 1 saturated heterocycles. The molecule has 0 spiro atoms. The summed E-state index contributed by atoms with van der Waals surface area (Å²) in [7, 11) is -0.738. The maximum absolute atomic E-state index is 12.9. The van der Waals surface area contributed by atoms with Crippen LogP contribution in [-0.2, 0) is 14.9 Å².